The van der Waals surface area contributed by atoms with Gasteiger partial charge >= 0.3 is 0 Å². The Labute approximate surface area is 223 Å². The molecule has 1 amide bonds. The van der Waals surface area contributed by atoms with E-state index in [0.29, 0.717) is 24.5 Å². The minimum absolute atomic E-state index is 0.0434. The molecule has 0 saturated carbocycles. The Hall–Kier alpha value is -4.53. The number of anilines is 1. The van der Waals surface area contributed by atoms with Gasteiger partial charge in [-0.2, -0.15) is 0 Å². The van der Waals surface area contributed by atoms with Crippen molar-refractivity contribution in [3.8, 4) is 11.5 Å². The van der Waals surface area contributed by atoms with E-state index in [1.807, 2.05) is 22.8 Å². The van der Waals surface area contributed by atoms with Crippen LogP contribution in [0.2, 0.25) is 0 Å². The highest BCUT2D eigenvalue weighted by Crippen LogP contribution is 2.30. The average molecular weight is 552 g/mol. The van der Waals surface area contributed by atoms with E-state index in [-0.39, 0.29) is 17.0 Å². The number of nitrogens with one attached hydrogen (secondary N) is 3. The lowest BCUT2D eigenvalue weighted by Crippen LogP contribution is -2.47. The number of aromatic amines is 1. The summed E-state index contributed by atoms with van der Waals surface area (Å²) in [5.41, 5.74) is 3.34. The summed E-state index contributed by atoms with van der Waals surface area (Å²) < 4.78 is 34.0. The predicted molar refractivity (Wildman–Crippen MR) is 143 cm³/mol. The van der Waals surface area contributed by atoms with Crippen molar-refractivity contribution in [1.82, 2.24) is 24.6 Å². The topological polar surface area (TPSA) is 163 Å². The maximum atomic E-state index is 13.1. The SMILES string of the molecule is CN1CCN(Nc2ccc(S(=O)(=O)NC(=O)c3ccccc3Oc3cnc4[nH]ccc4c3)cc2[N+](=O)[O-])CC1. The molecule has 0 atom stereocenters. The molecule has 14 heteroatoms. The van der Waals surface area contributed by atoms with Crippen molar-refractivity contribution in [2.45, 2.75) is 4.90 Å². The molecule has 0 bridgehead atoms. The van der Waals surface area contributed by atoms with Crippen LogP contribution in [0.1, 0.15) is 10.4 Å². The number of sulfonamides is 1. The van der Waals surface area contributed by atoms with Crippen LogP contribution in [0.4, 0.5) is 11.4 Å². The third kappa shape index (κ3) is 5.82. The highest BCUT2D eigenvalue weighted by Gasteiger charge is 2.26. The Morgan fingerprint density at radius 1 is 1.10 bits per heavy atom. The Bertz CT molecular complexity index is 1650. The van der Waals surface area contributed by atoms with E-state index < -0.39 is 31.4 Å². The van der Waals surface area contributed by atoms with E-state index in [4.69, 9.17) is 4.74 Å². The molecule has 5 rings (SSSR count). The Balaban J connectivity index is 1.35. The molecule has 13 nitrogen and oxygen atoms in total. The summed E-state index contributed by atoms with van der Waals surface area (Å²) >= 11 is 0. The van der Waals surface area contributed by atoms with Crippen molar-refractivity contribution in [3.05, 3.63) is 82.7 Å². The number of piperazine rings is 1. The number of carbonyl (C=O) groups is 1. The largest absolute Gasteiger partial charge is 0.455 e. The number of para-hydroxylation sites is 1. The molecule has 3 heterocycles. The number of H-pyrrole nitrogens is 1. The first-order valence-electron chi connectivity index (χ1n) is 12.0. The van der Waals surface area contributed by atoms with Crippen LogP contribution < -0.4 is 14.9 Å². The molecule has 0 unspecified atom stereocenters. The zero-order chi connectivity index (χ0) is 27.6. The molecule has 39 heavy (non-hydrogen) atoms. The molecule has 2 aromatic carbocycles. The Morgan fingerprint density at radius 3 is 2.64 bits per heavy atom. The van der Waals surface area contributed by atoms with Crippen LogP contribution in [-0.2, 0) is 10.0 Å². The number of hydrogen-bond acceptors (Lipinski definition) is 10. The summed E-state index contributed by atoms with van der Waals surface area (Å²) in [7, 11) is -2.47. The summed E-state index contributed by atoms with van der Waals surface area (Å²) in [6.45, 7) is 2.84. The third-order valence-corrected chi connectivity index (χ3v) is 7.55. The summed E-state index contributed by atoms with van der Waals surface area (Å²) in [6, 6.07) is 13.1. The van der Waals surface area contributed by atoms with Gasteiger partial charge in [-0.3, -0.25) is 14.9 Å². The zero-order valence-corrected chi connectivity index (χ0v) is 21.6. The summed E-state index contributed by atoms with van der Waals surface area (Å²) in [4.78, 5) is 33.0. The van der Waals surface area contributed by atoms with Crippen molar-refractivity contribution in [3.63, 3.8) is 0 Å². The van der Waals surface area contributed by atoms with E-state index >= 15 is 0 Å². The van der Waals surface area contributed by atoms with E-state index in [1.165, 1.54) is 30.5 Å². The lowest BCUT2D eigenvalue weighted by atomic mass is 10.2. The van der Waals surface area contributed by atoms with Gasteiger partial charge in [-0.25, -0.2) is 23.1 Å². The first kappa shape index (κ1) is 26.1. The zero-order valence-electron chi connectivity index (χ0n) is 20.8. The number of amides is 1. The number of fused-ring (bicyclic) bond motifs is 1. The number of hydrogen-bond donors (Lipinski definition) is 3. The van der Waals surface area contributed by atoms with Crippen LogP contribution >= 0.6 is 0 Å². The maximum Gasteiger partial charge on any atom is 0.295 e. The van der Waals surface area contributed by atoms with Crippen LogP contribution in [0.3, 0.4) is 0 Å². The van der Waals surface area contributed by atoms with Gasteiger partial charge in [0.25, 0.3) is 21.6 Å². The van der Waals surface area contributed by atoms with E-state index in [0.717, 1.165) is 24.5 Å². The minimum Gasteiger partial charge on any atom is -0.455 e. The van der Waals surface area contributed by atoms with Crippen LogP contribution in [0.5, 0.6) is 11.5 Å². The number of rotatable bonds is 8. The second kappa shape index (κ2) is 10.7. The number of carbonyl (C=O) groups excluding carboxylic acids is 1. The van der Waals surface area contributed by atoms with Gasteiger partial charge in [0, 0.05) is 43.8 Å². The first-order valence-corrected chi connectivity index (χ1v) is 13.4. The van der Waals surface area contributed by atoms with Gasteiger partial charge in [0.15, 0.2) is 0 Å². The molecule has 1 fully saturated rings. The molecular weight excluding hydrogens is 526 g/mol. The van der Waals surface area contributed by atoms with Gasteiger partial charge in [-0.05, 0) is 43.4 Å². The van der Waals surface area contributed by atoms with E-state index in [9.17, 15) is 23.3 Å². The molecule has 202 valence electrons. The number of nitro benzene ring substituents is 1. The fourth-order valence-electron chi connectivity index (χ4n) is 4.09. The molecule has 1 saturated heterocycles. The number of ether oxygens (including phenoxy) is 1. The van der Waals surface area contributed by atoms with Crippen LogP contribution in [-0.4, -0.2) is 72.4 Å². The summed E-state index contributed by atoms with van der Waals surface area (Å²) in [5.74, 6) is -0.493. The predicted octanol–water partition coefficient (Wildman–Crippen LogP) is 2.96. The second-order valence-electron chi connectivity index (χ2n) is 8.96. The van der Waals surface area contributed by atoms with Crippen molar-refractivity contribution in [1.29, 1.82) is 0 Å². The van der Waals surface area contributed by atoms with Gasteiger partial charge in [0.1, 0.15) is 22.8 Å². The number of pyridine rings is 1. The van der Waals surface area contributed by atoms with Crippen LogP contribution in [0, 0.1) is 10.1 Å². The van der Waals surface area contributed by atoms with Crippen molar-refractivity contribution >= 4 is 38.3 Å². The molecule has 1 aliphatic heterocycles. The highest BCUT2D eigenvalue weighted by molar-refractivity contribution is 7.90. The molecule has 0 radical (unpaired) electrons. The lowest BCUT2D eigenvalue weighted by Gasteiger charge is -2.32. The Morgan fingerprint density at radius 2 is 1.87 bits per heavy atom. The molecule has 4 aromatic rings. The summed E-state index contributed by atoms with van der Waals surface area (Å²) in [5, 5.41) is 14.4. The van der Waals surface area contributed by atoms with Crippen LogP contribution in [0.25, 0.3) is 11.0 Å². The molecule has 2 aromatic heterocycles. The minimum atomic E-state index is -4.46. The first-order chi connectivity index (χ1) is 18.7. The molecule has 1 aliphatic rings. The van der Waals surface area contributed by atoms with E-state index in [2.05, 4.69) is 20.3 Å². The lowest BCUT2D eigenvalue weighted by molar-refractivity contribution is -0.384. The monoisotopic (exact) mass is 551 g/mol. The fourth-order valence-corrected chi connectivity index (χ4v) is 5.08. The normalized spacial score (nSPS) is 14.7. The average Bonchev–Trinajstić information content (AvgIpc) is 3.38. The van der Waals surface area contributed by atoms with Gasteiger partial charge in [0.2, 0.25) is 0 Å². The molecular formula is C25H25N7O6S. The maximum absolute atomic E-state index is 13.1. The van der Waals surface area contributed by atoms with Gasteiger partial charge in [0.05, 0.1) is 21.6 Å². The van der Waals surface area contributed by atoms with Crippen molar-refractivity contribution in [2.24, 2.45) is 0 Å². The number of aromatic nitrogens is 2. The standard InChI is InChI=1S/C25H25N7O6S/c1-30-10-12-31(13-11-30)28-21-7-6-19(15-22(21)32(34)35)39(36,37)29-25(33)20-4-2-3-5-23(20)38-18-14-17-8-9-26-24(17)27-16-18/h2-9,14-16,28H,10-13H2,1H3,(H,26,27)(H,29,33). The fraction of sp³-hybridized carbons (Fsp3) is 0.200. The number of benzene rings is 2. The number of likely N-dealkylation sites (N-methyl/N-ethyl adjacent to an activating group) is 1. The van der Waals surface area contributed by atoms with E-state index in [1.54, 1.807) is 24.4 Å². The van der Waals surface area contributed by atoms with Gasteiger partial charge in [-0.1, -0.05) is 12.1 Å². The number of nitrogens with zero attached hydrogens (tertiary/aromatic N) is 4. The Kier molecular flexibility index (Phi) is 7.15. The second-order valence-corrected chi connectivity index (χ2v) is 10.6. The number of hydrazine groups is 1. The van der Waals surface area contributed by atoms with Crippen molar-refractivity contribution < 1.29 is 22.9 Å². The highest BCUT2D eigenvalue weighted by atomic mass is 32.2. The van der Waals surface area contributed by atoms with Gasteiger partial charge < -0.3 is 20.0 Å². The van der Waals surface area contributed by atoms with Crippen molar-refractivity contribution in [2.75, 3.05) is 38.7 Å². The molecule has 0 aliphatic carbocycles. The van der Waals surface area contributed by atoms with Gasteiger partial charge in [-0.15, -0.1) is 0 Å². The molecule has 3 N–H and O–H groups in total. The quantitative estimate of drug-likeness (QED) is 0.219. The smallest absolute Gasteiger partial charge is 0.295 e. The summed E-state index contributed by atoms with van der Waals surface area (Å²) in [6.07, 6.45) is 3.20. The third-order valence-electron chi connectivity index (χ3n) is 6.22. The number of nitro groups is 1. The molecule has 0 spiro atoms. The van der Waals surface area contributed by atoms with Crippen LogP contribution in [0.15, 0.2) is 71.9 Å².